The zero-order valence-corrected chi connectivity index (χ0v) is 15.0. The Balaban J connectivity index is 2.75. The highest BCUT2D eigenvalue weighted by Gasteiger charge is 2.30. The van der Waals surface area contributed by atoms with Crippen LogP contribution in [0.15, 0.2) is 30.3 Å². The molecular weight excluding hydrogens is 316 g/mol. The summed E-state index contributed by atoms with van der Waals surface area (Å²) in [4.78, 5) is 12.5. The summed E-state index contributed by atoms with van der Waals surface area (Å²) >= 11 is 0. The molecule has 0 aliphatic carbocycles. The predicted molar refractivity (Wildman–Crippen MR) is 90.5 cm³/mol. The lowest BCUT2D eigenvalue weighted by Gasteiger charge is -2.25. The number of hydrogen-bond donors (Lipinski definition) is 1. The first kappa shape index (κ1) is 19.6. The fourth-order valence-electron chi connectivity index (χ4n) is 2.05. The van der Waals surface area contributed by atoms with Gasteiger partial charge < -0.3 is 10.1 Å². The van der Waals surface area contributed by atoms with Crippen LogP contribution in [0.25, 0.3) is 0 Å². The Morgan fingerprint density at radius 1 is 1.26 bits per heavy atom. The van der Waals surface area contributed by atoms with Crippen molar-refractivity contribution in [3.63, 3.8) is 0 Å². The van der Waals surface area contributed by atoms with Crippen LogP contribution in [-0.2, 0) is 19.6 Å². The molecule has 6 nitrogen and oxygen atoms in total. The third-order valence-corrected chi connectivity index (χ3v) is 4.58. The maximum atomic E-state index is 12.5. The quantitative estimate of drug-likeness (QED) is 0.691. The molecule has 0 aliphatic rings. The largest absolute Gasteiger partial charge is 0.379 e. The molecule has 0 aromatic heterocycles. The van der Waals surface area contributed by atoms with Crippen molar-refractivity contribution in [2.75, 3.05) is 26.5 Å². The van der Waals surface area contributed by atoms with Crippen LogP contribution in [0.3, 0.4) is 0 Å². The van der Waals surface area contributed by atoms with E-state index in [0.29, 0.717) is 25.1 Å². The van der Waals surface area contributed by atoms with Gasteiger partial charge in [-0.25, -0.2) is 8.42 Å². The summed E-state index contributed by atoms with van der Waals surface area (Å²) in [5.74, 6) is -0.339. The Labute approximate surface area is 138 Å². The minimum atomic E-state index is -3.49. The van der Waals surface area contributed by atoms with Crippen LogP contribution in [0.4, 0.5) is 0 Å². The van der Waals surface area contributed by atoms with E-state index in [-0.39, 0.29) is 12.0 Å². The van der Waals surface area contributed by atoms with Crippen molar-refractivity contribution in [2.45, 2.75) is 32.4 Å². The Morgan fingerprint density at radius 3 is 2.39 bits per heavy atom. The van der Waals surface area contributed by atoms with E-state index in [2.05, 4.69) is 5.32 Å². The lowest BCUT2D eigenvalue weighted by Crippen LogP contribution is -2.41. The third kappa shape index (κ3) is 6.68. The number of sulfonamides is 1. The Hall–Kier alpha value is -1.44. The van der Waals surface area contributed by atoms with Crippen molar-refractivity contribution < 1.29 is 17.9 Å². The van der Waals surface area contributed by atoms with E-state index in [1.54, 1.807) is 24.3 Å². The smallest absolute Gasteiger partial charge is 0.242 e. The van der Waals surface area contributed by atoms with Crippen molar-refractivity contribution in [1.29, 1.82) is 0 Å². The van der Waals surface area contributed by atoms with E-state index < -0.39 is 16.1 Å². The van der Waals surface area contributed by atoms with Gasteiger partial charge in [0, 0.05) is 20.2 Å². The molecule has 130 valence electrons. The Bertz CT molecular complexity index is 587. The number of hydrogen-bond acceptors (Lipinski definition) is 4. The van der Waals surface area contributed by atoms with E-state index in [0.717, 1.165) is 10.6 Å². The molecule has 1 rings (SSSR count). The minimum Gasteiger partial charge on any atom is -0.379 e. The van der Waals surface area contributed by atoms with Gasteiger partial charge in [0.25, 0.3) is 0 Å². The molecule has 0 spiro atoms. The van der Waals surface area contributed by atoms with Crippen LogP contribution in [0.2, 0.25) is 0 Å². The van der Waals surface area contributed by atoms with Gasteiger partial charge in [-0.05, 0) is 25.8 Å². The molecule has 0 saturated carbocycles. The van der Waals surface area contributed by atoms with Crippen LogP contribution in [0.5, 0.6) is 0 Å². The molecule has 0 saturated heterocycles. The molecule has 1 atom stereocenters. The summed E-state index contributed by atoms with van der Waals surface area (Å²) in [5, 5.41) is 2.78. The Morgan fingerprint density at radius 2 is 1.87 bits per heavy atom. The summed E-state index contributed by atoms with van der Waals surface area (Å²) in [7, 11) is -2.08. The third-order valence-electron chi connectivity index (χ3n) is 3.32. The van der Waals surface area contributed by atoms with Crippen molar-refractivity contribution in [3.8, 4) is 0 Å². The first-order chi connectivity index (χ1) is 10.7. The number of nitrogens with zero attached hydrogens (tertiary/aromatic N) is 1. The second-order valence-corrected chi connectivity index (χ2v) is 7.70. The van der Waals surface area contributed by atoms with Gasteiger partial charge in [0.05, 0.1) is 12.4 Å². The molecule has 0 radical (unpaired) electrons. The number of carbonyl (C=O) groups is 1. The highest BCUT2D eigenvalue weighted by molar-refractivity contribution is 7.88. The summed E-state index contributed by atoms with van der Waals surface area (Å²) < 4.78 is 30.2. The summed E-state index contributed by atoms with van der Waals surface area (Å²) in [5.41, 5.74) is 0.636. The number of carbonyl (C=O) groups excluding carboxylic acids is 1. The van der Waals surface area contributed by atoms with E-state index in [4.69, 9.17) is 4.74 Å². The fraction of sp³-hybridized carbons (Fsp3) is 0.562. The molecule has 1 unspecified atom stereocenters. The molecule has 0 heterocycles. The van der Waals surface area contributed by atoms with Crippen molar-refractivity contribution in [3.05, 3.63) is 35.9 Å². The van der Waals surface area contributed by atoms with Gasteiger partial charge in [-0.3, -0.25) is 4.79 Å². The molecule has 1 aromatic carbocycles. The van der Waals surface area contributed by atoms with E-state index in [1.165, 1.54) is 7.05 Å². The molecule has 1 aromatic rings. The summed E-state index contributed by atoms with van der Waals surface area (Å²) in [6, 6.07) is 7.99. The summed E-state index contributed by atoms with van der Waals surface area (Å²) in [6.45, 7) is 4.89. The average molecular weight is 342 g/mol. The standard InChI is InChI=1S/C16H26N2O4S/c1-13(2)22-12-8-11-17-16(19)15(18(3)23(4,20)21)14-9-6-5-7-10-14/h5-7,9-10,13,15H,8,11-12H2,1-4H3,(H,17,19). The van der Waals surface area contributed by atoms with Gasteiger partial charge in [0.15, 0.2) is 0 Å². The molecular formula is C16H26N2O4S. The second kappa shape index (κ2) is 9.00. The van der Waals surface area contributed by atoms with E-state index in [9.17, 15) is 13.2 Å². The Kier molecular flexibility index (Phi) is 7.67. The van der Waals surface area contributed by atoms with Crippen LogP contribution in [-0.4, -0.2) is 51.2 Å². The number of amides is 1. The van der Waals surface area contributed by atoms with E-state index >= 15 is 0 Å². The number of likely N-dealkylation sites (N-methyl/N-ethyl adjacent to an activating group) is 1. The van der Waals surface area contributed by atoms with Gasteiger partial charge >= 0.3 is 0 Å². The normalized spacial score (nSPS) is 13.3. The molecule has 7 heteroatoms. The lowest BCUT2D eigenvalue weighted by molar-refractivity contribution is -0.124. The predicted octanol–water partition coefficient (Wildman–Crippen LogP) is 1.55. The average Bonchev–Trinajstić information content (AvgIpc) is 2.47. The fourth-order valence-corrected chi connectivity index (χ4v) is 2.65. The van der Waals surface area contributed by atoms with Gasteiger partial charge in [-0.2, -0.15) is 4.31 Å². The van der Waals surface area contributed by atoms with Crippen molar-refractivity contribution in [2.24, 2.45) is 0 Å². The maximum Gasteiger partial charge on any atom is 0.242 e. The first-order valence-electron chi connectivity index (χ1n) is 7.60. The zero-order valence-electron chi connectivity index (χ0n) is 14.2. The first-order valence-corrected chi connectivity index (χ1v) is 9.45. The van der Waals surface area contributed by atoms with Crippen molar-refractivity contribution in [1.82, 2.24) is 9.62 Å². The van der Waals surface area contributed by atoms with Crippen LogP contribution in [0.1, 0.15) is 31.9 Å². The number of nitrogens with one attached hydrogen (secondary N) is 1. The highest BCUT2D eigenvalue weighted by atomic mass is 32.2. The number of ether oxygens (including phenoxy) is 1. The molecule has 0 fully saturated rings. The van der Waals surface area contributed by atoms with Crippen molar-refractivity contribution >= 4 is 15.9 Å². The van der Waals surface area contributed by atoms with Gasteiger partial charge in [0.1, 0.15) is 6.04 Å². The second-order valence-electron chi connectivity index (χ2n) is 5.66. The number of rotatable bonds is 9. The summed E-state index contributed by atoms with van der Waals surface area (Å²) in [6.07, 6.45) is 1.92. The van der Waals surface area contributed by atoms with Crippen LogP contribution in [0, 0.1) is 0 Å². The van der Waals surface area contributed by atoms with Crippen LogP contribution < -0.4 is 5.32 Å². The molecule has 1 amide bonds. The zero-order chi connectivity index (χ0) is 17.5. The van der Waals surface area contributed by atoms with Gasteiger partial charge in [0.2, 0.25) is 15.9 Å². The lowest BCUT2D eigenvalue weighted by atomic mass is 10.1. The van der Waals surface area contributed by atoms with Crippen LogP contribution >= 0.6 is 0 Å². The number of benzene rings is 1. The SMILES string of the molecule is CC(C)OCCCNC(=O)C(c1ccccc1)N(C)S(C)(=O)=O. The minimum absolute atomic E-state index is 0.152. The van der Waals surface area contributed by atoms with Gasteiger partial charge in [-0.15, -0.1) is 0 Å². The maximum absolute atomic E-state index is 12.5. The monoisotopic (exact) mass is 342 g/mol. The molecule has 23 heavy (non-hydrogen) atoms. The topological polar surface area (TPSA) is 75.7 Å². The highest BCUT2D eigenvalue weighted by Crippen LogP contribution is 2.21. The van der Waals surface area contributed by atoms with Gasteiger partial charge in [-0.1, -0.05) is 30.3 Å². The molecule has 0 aliphatic heterocycles. The van der Waals surface area contributed by atoms with E-state index in [1.807, 2.05) is 19.9 Å². The molecule has 0 bridgehead atoms. The molecule has 1 N–H and O–H groups in total.